The van der Waals surface area contributed by atoms with E-state index in [9.17, 15) is 4.79 Å². The van der Waals surface area contributed by atoms with E-state index in [0.29, 0.717) is 6.04 Å². The smallest absolute Gasteiger partial charge is 0.207 e. The molecule has 0 unspecified atom stereocenters. The van der Waals surface area contributed by atoms with Crippen LogP contribution in [0.15, 0.2) is 0 Å². The van der Waals surface area contributed by atoms with Crippen LogP contribution in [0.25, 0.3) is 0 Å². The summed E-state index contributed by atoms with van der Waals surface area (Å²) in [6.45, 7) is 4.56. The lowest BCUT2D eigenvalue weighted by Gasteiger charge is -2.31. The van der Waals surface area contributed by atoms with Crippen LogP contribution in [0.5, 0.6) is 0 Å². The molecule has 0 aromatic carbocycles. The fraction of sp³-hybridized carbons (Fsp3) is 0.889. The fourth-order valence-electron chi connectivity index (χ4n) is 1.80. The van der Waals surface area contributed by atoms with Gasteiger partial charge in [-0.3, -0.25) is 4.79 Å². The van der Waals surface area contributed by atoms with Crippen LogP contribution in [-0.2, 0) is 4.79 Å². The SMILES string of the molecule is C[C@@H]1CC[C@H](NC=O)C[C@@H]1C. The molecule has 1 rings (SSSR count). The van der Waals surface area contributed by atoms with Crippen LogP contribution in [0.4, 0.5) is 0 Å². The molecule has 1 aliphatic carbocycles. The molecule has 1 amide bonds. The number of hydrogen-bond donors (Lipinski definition) is 1. The average Bonchev–Trinajstić information content (AvgIpc) is 1.98. The topological polar surface area (TPSA) is 29.1 Å². The Labute approximate surface area is 68.4 Å². The predicted octanol–water partition coefficient (Wildman–Crippen LogP) is 1.56. The Hall–Kier alpha value is -0.530. The highest BCUT2D eigenvalue weighted by Crippen LogP contribution is 2.28. The van der Waals surface area contributed by atoms with Gasteiger partial charge in [-0.1, -0.05) is 13.8 Å². The van der Waals surface area contributed by atoms with E-state index >= 15 is 0 Å². The third-order valence-electron chi connectivity index (χ3n) is 2.90. The van der Waals surface area contributed by atoms with Gasteiger partial charge >= 0.3 is 0 Å². The minimum atomic E-state index is 0.443. The first-order valence-electron chi connectivity index (χ1n) is 4.43. The lowest BCUT2D eigenvalue weighted by molar-refractivity contribution is -0.110. The van der Waals surface area contributed by atoms with Crippen molar-refractivity contribution >= 4 is 6.41 Å². The number of rotatable bonds is 2. The summed E-state index contributed by atoms with van der Waals surface area (Å²) >= 11 is 0. The summed E-state index contributed by atoms with van der Waals surface area (Å²) in [7, 11) is 0. The lowest BCUT2D eigenvalue weighted by atomic mass is 9.79. The second-order valence-corrected chi connectivity index (χ2v) is 3.75. The lowest BCUT2D eigenvalue weighted by Crippen LogP contribution is -2.35. The fourth-order valence-corrected chi connectivity index (χ4v) is 1.80. The van der Waals surface area contributed by atoms with Crippen molar-refractivity contribution in [2.75, 3.05) is 0 Å². The summed E-state index contributed by atoms with van der Waals surface area (Å²) in [5.74, 6) is 1.60. The molecule has 2 nitrogen and oxygen atoms in total. The van der Waals surface area contributed by atoms with Gasteiger partial charge in [0.1, 0.15) is 0 Å². The van der Waals surface area contributed by atoms with Crippen molar-refractivity contribution in [3.05, 3.63) is 0 Å². The molecule has 0 aromatic heterocycles. The normalized spacial score (nSPS) is 38.2. The quantitative estimate of drug-likeness (QED) is 0.602. The van der Waals surface area contributed by atoms with Gasteiger partial charge in [-0.05, 0) is 31.1 Å². The van der Waals surface area contributed by atoms with E-state index in [0.717, 1.165) is 31.1 Å². The van der Waals surface area contributed by atoms with Crippen molar-refractivity contribution in [2.45, 2.75) is 39.2 Å². The summed E-state index contributed by atoms with van der Waals surface area (Å²) < 4.78 is 0. The average molecular weight is 155 g/mol. The summed E-state index contributed by atoms with van der Waals surface area (Å²) in [5, 5.41) is 2.85. The van der Waals surface area contributed by atoms with Gasteiger partial charge in [-0.25, -0.2) is 0 Å². The molecule has 0 bridgehead atoms. The van der Waals surface area contributed by atoms with Crippen LogP contribution < -0.4 is 5.32 Å². The summed E-state index contributed by atoms with van der Waals surface area (Å²) in [6.07, 6.45) is 4.39. The zero-order valence-electron chi connectivity index (χ0n) is 7.34. The number of carbonyl (C=O) groups excluding carboxylic acids is 1. The molecular weight excluding hydrogens is 138 g/mol. The first kappa shape index (κ1) is 8.57. The third-order valence-corrected chi connectivity index (χ3v) is 2.90. The van der Waals surface area contributed by atoms with Crippen LogP contribution in [0.2, 0.25) is 0 Å². The Kier molecular flexibility index (Phi) is 2.92. The highest BCUT2D eigenvalue weighted by Gasteiger charge is 2.23. The molecule has 2 heteroatoms. The number of amides is 1. The minimum Gasteiger partial charge on any atom is -0.356 e. The Bertz CT molecular complexity index is 136. The van der Waals surface area contributed by atoms with Gasteiger partial charge in [-0.15, -0.1) is 0 Å². The van der Waals surface area contributed by atoms with E-state index in [1.54, 1.807) is 0 Å². The molecule has 1 saturated carbocycles. The van der Waals surface area contributed by atoms with Crippen molar-refractivity contribution in [3.63, 3.8) is 0 Å². The van der Waals surface area contributed by atoms with Crippen LogP contribution in [0, 0.1) is 11.8 Å². The molecule has 0 aromatic rings. The van der Waals surface area contributed by atoms with E-state index in [1.165, 1.54) is 6.42 Å². The molecule has 3 atom stereocenters. The monoisotopic (exact) mass is 155 g/mol. The van der Waals surface area contributed by atoms with Gasteiger partial charge in [0.2, 0.25) is 6.41 Å². The Balaban J connectivity index is 2.33. The predicted molar refractivity (Wildman–Crippen MR) is 45.2 cm³/mol. The molecule has 0 spiro atoms. The Morgan fingerprint density at radius 1 is 1.27 bits per heavy atom. The van der Waals surface area contributed by atoms with E-state index < -0.39 is 0 Å². The highest BCUT2D eigenvalue weighted by atomic mass is 16.1. The molecule has 1 aliphatic rings. The Morgan fingerprint density at radius 3 is 2.55 bits per heavy atom. The number of hydrogen-bond acceptors (Lipinski definition) is 1. The van der Waals surface area contributed by atoms with Crippen LogP contribution in [-0.4, -0.2) is 12.5 Å². The maximum Gasteiger partial charge on any atom is 0.207 e. The van der Waals surface area contributed by atoms with Crippen molar-refractivity contribution in [3.8, 4) is 0 Å². The zero-order valence-corrected chi connectivity index (χ0v) is 7.34. The highest BCUT2D eigenvalue weighted by molar-refractivity contribution is 5.46. The first-order valence-corrected chi connectivity index (χ1v) is 4.43. The van der Waals surface area contributed by atoms with Crippen LogP contribution >= 0.6 is 0 Å². The minimum absolute atomic E-state index is 0.443. The van der Waals surface area contributed by atoms with E-state index in [4.69, 9.17) is 0 Å². The van der Waals surface area contributed by atoms with E-state index in [2.05, 4.69) is 19.2 Å². The largest absolute Gasteiger partial charge is 0.356 e. The number of nitrogens with one attached hydrogen (secondary N) is 1. The van der Waals surface area contributed by atoms with Gasteiger partial charge in [0.15, 0.2) is 0 Å². The first-order chi connectivity index (χ1) is 5.24. The molecule has 0 aliphatic heterocycles. The molecule has 1 fully saturated rings. The molecule has 64 valence electrons. The third kappa shape index (κ3) is 2.21. The number of carbonyl (C=O) groups is 1. The van der Waals surface area contributed by atoms with Crippen LogP contribution in [0.1, 0.15) is 33.1 Å². The van der Waals surface area contributed by atoms with Crippen LogP contribution in [0.3, 0.4) is 0 Å². The molecule has 0 saturated heterocycles. The summed E-state index contributed by atoms with van der Waals surface area (Å²) in [5.41, 5.74) is 0. The van der Waals surface area contributed by atoms with Gasteiger partial charge in [-0.2, -0.15) is 0 Å². The maximum atomic E-state index is 10.2. The van der Waals surface area contributed by atoms with Crippen molar-refractivity contribution in [2.24, 2.45) is 11.8 Å². The molecule has 0 radical (unpaired) electrons. The van der Waals surface area contributed by atoms with E-state index in [-0.39, 0.29) is 0 Å². The van der Waals surface area contributed by atoms with Gasteiger partial charge in [0.05, 0.1) is 0 Å². The molecule has 1 N–H and O–H groups in total. The van der Waals surface area contributed by atoms with Gasteiger partial charge in [0.25, 0.3) is 0 Å². The molecule has 0 heterocycles. The van der Waals surface area contributed by atoms with Crippen molar-refractivity contribution in [1.82, 2.24) is 5.32 Å². The Morgan fingerprint density at radius 2 is 2.00 bits per heavy atom. The summed E-state index contributed by atoms with van der Waals surface area (Å²) in [4.78, 5) is 10.2. The second kappa shape index (κ2) is 3.74. The molecular formula is C9H17NO. The zero-order chi connectivity index (χ0) is 8.27. The molecule has 11 heavy (non-hydrogen) atoms. The standard InChI is InChI=1S/C9H17NO/c1-7-3-4-9(10-6-11)5-8(7)2/h6-9H,3-5H2,1-2H3,(H,10,11)/t7-,8+,9+/m1/s1. The van der Waals surface area contributed by atoms with Gasteiger partial charge < -0.3 is 5.32 Å². The van der Waals surface area contributed by atoms with Gasteiger partial charge in [0, 0.05) is 6.04 Å². The van der Waals surface area contributed by atoms with E-state index in [1.807, 2.05) is 0 Å². The van der Waals surface area contributed by atoms with Crippen molar-refractivity contribution < 1.29 is 4.79 Å². The van der Waals surface area contributed by atoms with Crippen molar-refractivity contribution in [1.29, 1.82) is 0 Å². The second-order valence-electron chi connectivity index (χ2n) is 3.75. The maximum absolute atomic E-state index is 10.2. The summed E-state index contributed by atoms with van der Waals surface area (Å²) in [6, 6.07) is 0.443.